The third-order valence-corrected chi connectivity index (χ3v) is 4.51. The number of benzene rings is 1. The van der Waals surface area contributed by atoms with Crippen LogP contribution in [0.25, 0.3) is 0 Å². The largest absolute Gasteiger partial charge is 0.497 e. The smallest absolute Gasteiger partial charge is 0.213 e. The number of oxazole rings is 1. The highest BCUT2D eigenvalue weighted by Crippen LogP contribution is 2.23. The van der Waals surface area contributed by atoms with Gasteiger partial charge in [-0.1, -0.05) is 32.9 Å². The molecule has 0 aliphatic carbocycles. The molecule has 7 heteroatoms. The van der Waals surface area contributed by atoms with Gasteiger partial charge in [0.1, 0.15) is 11.5 Å². The number of guanidine groups is 1. The lowest BCUT2D eigenvalue weighted by atomic mass is 9.94. The highest BCUT2D eigenvalue weighted by molar-refractivity contribution is 5.79. The molecule has 0 fully saturated rings. The zero-order valence-electron chi connectivity index (χ0n) is 18.0. The van der Waals surface area contributed by atoms with E-state index in [2.05, 4.69) is 72.5 Å². The van der Waals surface area contributed by atoms with E-state index in [4.69, 9.17) is 9.15 Å². The molecule has 0 saturated heterocycles. The Morgan fingerprint density at radius 2 is 1.89 bits per heavy atom. The summed E-state index contributed by atoms with van der Waals surface area (Å²) in [5.74, 6) is 3.08. The van der Waals surface area contributed by atoms with Crippen molar-refractivity contribution in [3.8, 4) is 5.75 Å². The molecular weight excluding hydrogens is 354 g/mol. The first-order chi connectivity index (χ1) is 13.2. The van der Waals surface area contributed by atoms with Gasteiger partial charge in [-0.25, -0.2) is 4.98 Å². The molecule has 0 spiro atoms. The summed E-state index contributed by atoms with van der Waals surface area (Å²) < 4.78 is 11.1. The molecule has 0 bridgehead atoms. The Labute approximate surface area is 168 Å². The molecule has 0 aliphatic rings. The number of likely N-dealkylation sites (N-methyl/N-ethyl adjacent to an activating group) is 1. The van der Waals surface area contributed by atoms with Crippen LogP contribution >= 0.6 is 0 Å². The maximum Gasteiger partial charge on any atom is 0.213 e. The molecule has 0 radical (unpaired) electrons. The number of hydrogen-bond donors (Lipinski definition) is 2. The third kappa shape index (κ3) is 5.99. The molecule has 7 nitrogen and oxygen atoms in total. The van der Waals surface area contributed by atoms with Gasteiger partial charge in [-0.05, 0) is 31.8 Å². The van der Waals surface area contributed by atoms with Crippen molar-refractivity contribution < 1.29 is 9.15 Å². The fourth-order valence-corrected chi connectivity index (χ4v) is 2.74. The van der Waals surface area contributed by atoms with Crippen LogP contribution in [0.3, 0.4) is 0 Å². The maximum absolute atomic E-state index is 5.82. The number of aliphatic imine (C=N–C) groups is 1. The minimum absolute atomic E-state index is 0.0531. The molecule has 2 aromatic rings. The highest BCUT2D eigenvalue weighted by atomic mass is 16.5. The number of aromatic nitrogens is 1. The first kappa shape index (κ1) is 21.8. The Bertz CT molecular complexity index is 760. The third-order valence-electron chi connectivity index (χ3n) is 4.51. The molecule has 154 valence electrons. The average Bonchev–Trinajstić information content (AvgIpc) is 3.14. The molecule has 1 aromatic carbocycles. The number of hydrogen-bond acceptors (Lipinski definition) is 5. The fourth-order valence-electron chi connectivity index (χ4n) is 2.74. The molecule has 0 amide bonds. The van der Waals surface area contributed by atoms with Crippen molar-refractivity contribution in [1.29, 1.82) is 0 Å². The normalized spacial score (nSPS) is 13.5. The number of nitrogens with one attached hydrogen (secondary N) is 2. The minimum Gasteiger partial charge on any atom is -0.497 e. The van der Waals surface area contributed by atoms with Crippen LogP contribution in [0.4, 0.5) is 0 Å². The minimum atomic E-state index is -0.0531. The standard InChI is InChI=1S/C21H33N5O2/c1-21(2,3)18-13-23-19(28-18)14-25-20(22-4)24-12-17(26(5)6)15-8-10-16(27-7)11-9-15/h8-11,13,17H,12,14H2,1-7H3,(H2,22,24,25). The van der Waals surface area contributed by atoms with Crippen molar-refractivity contribution in [1.82, 2.24) is 20.5 Å². The zero-order chi connectivity index (χ0) is 20.7. The zero-order valence-corrected chi connectivity index (χ0v) is 18.0. The number of rotatable bonds is 7. The summed E-state index contributed by atoms with van der Waals surface area (Å²) in [6, 6.07) is 8.33. The van der Waals surface area contributed by atoms with E-state index in [0.29, 0.717) is 24.9 Å². The van der Waals surface area contributed by atoms with Gasteiger partial charge in [-0.15, -0.1) is 0 Å². The quantitative estimate of drug-likeness (QED) is 0.562. The molecule has 2 rings (SSSR count). The summed E-state index contributed by atoms with van der Waals surface area (Å²) in [6.07, 6.45) is 1.79. The van der Waals surface area contributed by atoms with Crippen LogP contribution in [-0.4, -0.2) is 50.6 Å². The summed E-state index contributed by atoms with van der Waals surface area (Å²) >= 11 is 0. The van der Waals surface area contributed by atoms with Crippen LogP contribution in [-0.2, 0) is 12.0 Å². The molecule has 0 saturated carbocycles. The average molecular weight is 388 g/mol. The molecule has 2 N–H and O–H groups in total. The van der Waals surface area contributed by atoms with Gasteiger partial charge in [-0.3, -0.25) is 4.99 Å². The van der Waals surface area contributed by atoms with E-state index in [1.54, 1.807) is 20.4 Å². The number of nitrogens with zero attached hydrogens (tertiary/aromatic N) is 3. The van der Waals surface area contributed by atoms with Gasteiger partial charge in [-0.2, -0.15) is 0 Å². The Hall–Kier alpha value is -2.54. The van der Waals surface area contributed by atoms with E-state index in [1.165, 1.54) is 5.56 Å². The first-order valence-electron chi connectivity index (χ1n) is 9.44. The van der Waals surface area contributed by atoms with E-state index >= 15 is 0 Å². The SMILES string of the molecule is CN=C(NCc1ncc(C(C)(C)C)o1)NCC(c1ccc(OC)cc1)N(C)C. The predicted octanol–water partition coefficient (Wildman–Crippen LogP) is 2.95. The molecule has 0 aliphatic heterocycles. The van der Waals surface area contributed by atoms with Crippen molar-refractivity contribution in [2.24, 2.45) is 4.99 Å². The van der Waals surface area contributed by atoms with Crippen LogP contribution in [0.5, 0.6) is 5.75 Å². The maximum atomic E-state index is 5.82. The van der Waals surface area contributed by atoms with Crippen LogP contribution in [0.2, 0.25) is 0 Å². The first-order valence-corrected chi connectivity index (χ1v) is 9.44. The van der Waals surface area contributed by atoms with Gasteiger partial charge in [0.25, 0.3) is 0 Å². The second-order valence-electron chi connectivity index (χ2n) is 7.93. The van der Waals surface area contributed by atoms with Crippen LogP contribution in [0.1, 0.15) is 44.0 Å². The van der Waals surface area contributed by atoms with Crippen molar-refractivity contribution in [2.75, 3.05) is 34.8 Å². The van der Waals surface area contributed by atoms with E-state index in [9.17, 15) is 0 Å². The second kappa shape index (κ2) is 9.59. The summed E-state index contributed by atoms with van der Waals surface area (Å²) in [5, 5.41) is 6.64. The molecule has 1 aromatic heterocycles. The molecule has 1 atom stereocenters. The monoisotopic (exact) mass is 387 g/mol. The summed E-state index contributed by atoms with van der Waals surface area (Å²) in [4.78, 5) is 10.8. The van der Waals surface area contributed by atoms with E-state index < -0.39 is 0 Å². The van der Waals surface area contributed by atoms with Crippen molar-refractivity contribution in [3.05, 3.63) is 47.7 Å². The lowest BCUT2D eigenvalue weighted by Crippen LogP contribution is -2.41. The van der Waals surface area contributed by atoms with E-state index in [1.807, 2.05) is 12.1 Å². The Morgan fingerprint density at radius 3 is 2.39 bits per heavy atom. The number of ether oxygens (including phenoxy) is 1. The van der Waals surface area contributed by atoms with Gasteiger partial charge in [0.2, 0.25) is 5.89 Å². The molecule has 28 heavy (non-hydrogen) atoms. The summed E-state index contributed by atoms with van der Waals surface area (Å²) in [7, 11) is 7.55. The number of methoxy groups -OCH3 is 1. The van der Waals surface area contributed by atoms with Gasteiger partial charge in [0.05, 0.1) is 25.9 Å². The second-order valence-corrected chi connectivity index (χ2v) is 7.93. The van der Waals surface area contributed by atoms with Crippen LogP contribution in [0, 0.1) is 0 Å². The van der Waals surface area contributed by atoms with E-state index in [-0.39, 0.29) is 11.5 Å². The van der Waals surface area contributed by atoms with Gasteiger partial charge >= 0.3 is 0 Å². The Kier molecular flexibility index (Phi) is 7.45. The molecule has 1 heterocycles. The Morgan fingerprint density at radius 1 is 1.21 bits per heavy atom. The lowest BCUT2D eigenvalue weighted by molar-refractivity contribution is 0.297. The molecule has 1 unspecified atom stereocenters. The van der Waals surface area contributed by atoms with Gasteiger partial charge in [0, 0.05) is 19.0 Å². The highest BCUT2D eigenvalue weighted by Gasteiger charge is 2.19. The Balaban J connectivity index is 1.94. The van der Waals surface area contributed by atoms with Crippen molar-refractivity contribution in [2.45, 2.75) is 38.8 Å². The van der Waals surface area contributed by atoms with Crippen LogP contribution in [0.15, 0.2) is 39.9 Å². The van der Waals surface area contributed by atoms with Gasteiger partial charge in [0.15, 0.2) is 5.96 Å². The van der Waals surface area contributed by atoms with Crippen LogP contribution < -0.4 is 15.4 Å². The lowest BCUT2D eigenvalue weighted by Gasteiger charge is -2.26. The summed E-state index contributed by atoms with van der Waals surface area (Å²) in [5.41, 5.74) is 1.15. The molecular formula is C21H33N5O2. The topological polar surface area (TPSA) is 74.9 Å². The summed E-state index contributed by atoms with van der Waals surface area (Å²) in [6.45, 7) is 7.49. The van der Waals surface area contributed by atoms with Gasteiger partial charge < -0.3 is 24.7 Å². The fraction of sp³-hybridized carbons (Fsp3) is 0.524. The van der Waals surface area contributed by atoms with Crippen molar-refractivity contribution in [3.63, 3.8) is 0 Å². The predicted molar refractivity (Wildman–Crippen MR) is 113 cm³/mol. The van der Waals surface area contributed by atoms with Crippen molar-refractivity contribution >= 4 is 5.96 Å². The van der Waals surface area contributed by atoms with E-state index in [0.717, 1.165) is 11.5 Å².